The van der Waals surface area contributed by atoms with Crippen LogP contribution in [0.1, 0.15) is 18.6 Å². The number of rotatable bonds is 4. The maximum Gasteiger partial charge on any atom is 0.123 e. The van der Waals surface area contributed by atoms with Crippen LogP contribution in [-0.2, 0) is 7.05 Å². The second-order valence-electron chi connectivity index (χ2n) is 6.74. The van der Waals surface area contributed by atoms with Crippen LogP contribution in [0.2, 0.25) is 0 Å². The number of aromatic amines is 1. The summed E-state index contributed by atoms with van der Waals surface area (Å²) in [6, 6.07) is 9.90. The third-order valence-electron chi connectivity index (χ3n) is 4.82. The highest BCUT2D eigenvalue weighted by Gasteiger charge is 2.15. The maximum atomic E-state index is 6.25. The van der Waals surface area contributed by atoms with Crippen molar-refractivity contribution in [3.05, 3.63) is 66.9 Å². The fraction of sp³-hybridized carbons (Fsp3) is 0.143. The molecule has 0 aliphatic carbocycles. The van der Waals surface area contributed by atoms with Crippen molar-refractivity contribution in [2.45, 2.75) is 13.0 Å². The quantitative estimate of drug-likeness (QED) is 0.516. The fourth-order valence-corrected chi connectivity index (χ4v) is 3.44. The predicted octanol–water partition coefficient (Wildman–Crippen LogP) is 4.05. The van der Waals surface area contributed by atoms with E-state index in [0.29, 0.717) is 0 Å². The van der Waals surface area contributed by atoms with E-state index in [1.807, 2.05) is 56.7 Å². The number of nitrogens with zero attached hydrogens (tertiary/aromatic N) is 5. The summed E-state index contributed by atoms with van der Waals surface area (Å²) in [4.78, 5) is 8.68. The van der Waals surface area contributed by atoms with Gasteiger partial charge in [0, 0.05) is 47.5 Å². The summed E-state index contributed by atoms with van der Waals surface area (Å²) < 4.78 is 8.02. The molecule has 0 aliphatic heterocycles. The highest BCUT2D eigenvalue weighted by atomic mass is 16.5. The molecule has 0 radical (unpaired) electrons. The standard InChI is InChI=1S/C21H18N6O/c1-13(18-10-22-11-20-16(18)4-3-7-23-20)28-15-5-6-19-17(8-15)21(26-25-19)14-9-24-27(2)12-14/h3-13H,1-2H3,(H,25,26). The van der Waals surface area contributed by atoms with E-state index in [1.165, 1.54) is 0 Å². The molecular weight excluding hydrogens is 352 g/mol. The molecule has 0 spiro atoms. The Morgan fingerprint density at radius 3 is 2.89 bits per heavy atom. The second-order valence-corrected chi connectivity index (χ2v) is 6.74. The summed E-state index contributed by atoms with van der Waals surface area (Å²) in [6.07, 6.45) is 8.95. The number of H-pyrrole nitrogens is 1. The van der Waals surface area contributed by atoms with E-state index in [2.05, 4.69) is 25.3 Å². The second kappa shape index (κ2) is 6.45. The zero-order valence-electron chi connectivity index (χ0n) is 15.5. The molecule has 7 heteroatoms. The monoisotopic (exact) mass is 370 g/mol. The van der Waals surface area contributed by atoms with Crippen LogP contribution in [0, 0.1) is 0 Å². The summed E-state index contributed by atoms with van der Waals surface area (Å²) in [5.41, 5.74) is 4.64. The lowest BCUT2D eigenvalue weighted by molar-refractivity contribution is 0.228. The van der Waals surface area contributed by atoms with Gasteiger partial charge in [-0.05, 0) is 31.2 Å². The first-order chi connectivity index (χ1) is 13.7. The SMILES string of the molecule is CC(Oc1ccc2[nH]nc(-c3cnn(C)c3)c2c1)c1cncc2ncccc12. The van der Waals surface area contributed by atoms with Crippen molar-refractivity contribution in [3.8, 4) is 17.0 Å². The van der Waals surface area contributed by atoms with Gasteiger partial charge < -0.3 is 4.74 Å². The molecular formula is C21H18N6O. The Labute approximate surface area is 161 Å². The third-order valence-corrected chi connectivity index (χ3v) is 4.82. The molecule has 0 bridgehead atoms. The molecule has 4 aromatic heterocycles. The molecule has 138 valence electrons. The van der Waals surface area contributed by atoms with Crippen molar-refractivity contribution in [2.24, 2.45) is 7.05 Å². The number of aryl methyl sites for hydroxylation is 1. The van der Waals surface area contributed by atoms with E-state index in [4.69, 9.17) is 4.74 Å². The van der Waals surface area contributed by atoms with Crippen LogP contribution in [0.5, 0.6) is 5.75 Å². The molecule has 0 amide bonds. The van der Waals surface area contributed by atoms with Gasteiger partial charge in [0.1, 0.15) is 17.5 Å². The van der Waals surface area contributed by atoms with Crippen molar-refractivity contribution in [2.75, 3.05) is 0 Å². The number of hydrogen-bond donors (Lipinski definition) is 1. The van der Waals surface area contributed by atoms with Crippen molar-refractivity contribution < 1.29 is 4.74 Å². The fourth-order valence-electron chi connectivity index (χ4n) is 3.44. The van der Waals surface area contributed by atoms with Crippen molar-refractivity contribution in [1.82, 2.24) is 29.9 Å². The predicted molar refractivity (Wildman–Crippen MR) is 107 cm³/mol. The molecule has 1 unspecified atom stereocenters. The first-order valence-electron chi connectivity index (χ1n) is 9.01. The van der Waals surface area contributed by atoms with Gasteiger partial charge in [0.25, 0.3) is 0 Å². The zero-order chi connectivity index (χ0) is 19.1. The summed E-state index contributed by atoms with van der Waals surface area (Å²) in [6.45, 7) is 2.02. The van der Waals surface area contributed by atoms with Crippen LogP contribution in [-0.4, -0.2) is 29.9 Å². The lowest BCUT2D eigenvalue weighted by Gasteiger charge is -2.16. The smallest absolute Gasteiger partial charge is 0.123 e. The Morgan fingerprint density at radius 1 is 1.11 bits per heavy atom. The Balaban J connectivity index is 1.51. The summed E-state index contributed by atoms with van der Waals surface area (Å²) >= 11 is 0. The third kappa shape index (κ3) is 2.77. The number of pyridine rings is 2. The number of fused-ring (bicyclic) bond motifs is 2. The topological polar surface area (TPSA) is 81.5 Å². The number of ether oxygens (including phenoxy) is 1. The Morgan fingerprint density at radius 2 is 2.04 bits per heavy atom. The average Bonchev–Trinajstić information content (AvgIpc) is 3.33. The first-order valence-corrected chi connectivity index (χ1v) is 9.01. The van der Waals surface area contributed by atoms with E-state index in [-0.39, 0.29) is 6.10 Å². The minimum absolute atomic E-state index is 0.174. The molecule has 1 aromatic carbocycles. The van der Waals surface area contributed by atoms with Crippen LogP contribution in [0.4, 0.5) is 0 Å². The van der Waals surface area contributed by atoms with Gasteiger partial charge in [-0.25, -0.2) is 0 Å². The first kappa shape index (κ1) is 16.4. The highest BCUT2D eigenvalue weighted by molar-refractivity contribution is 5.93. The summed E-state index contributed by atoms with van der Waals surface area (Å²) in [5, 5.41) is 13.8. The zero-order valence-corrected chi connectivity index (χ0v) is 15.5. The molecule has 5 rings (SSSR count). The largest absolute Gasteiger partial charge is 0.486 e. The lowest BCUT2D eigenvalue weighted by Crippen LogP contribution is -2.04. The Hall–Kier alpha value is -3.74. The van der Waals surface area contributed by atoms with Crippen molar-refractivity contribution in [1.29, 1.82) is 0 Å². The minimum Gasteiger partial charge on any atom is -0.486 e. The number of hydrogen-bond acceptors (Lipinski definition) is 5. The summed E-state index contributed by atoms with van der Waals surface area (Å²) in [5.74, 6) is 0.771. The minimum atomic E-state index is -0.174. The Kier molecular flexibility index (Phi) is 3.79. The molecule has 0 saturated heterocycles. The highest BCUT2D eigenvalue weighted by Crippen LogP contribution is 2.32. The summed E-state index contributed by atoms with van der Waals surface area (Å²) in [7, 11) is 1.89. The molecule has 1 N–H and O–H groups in total. The van der Waals surface area contributed by atoms with Crippen molar-refractivity contribution >= 4 is 21.8 Å². The average molecular weight is 370 g/mol. The molecule has 5 aromatic rings. The van der Waals surface area contributed by atoms with Crippen LogP contribution in [0.15, 0.2) is 61.3 Å². The van der Waals surface area contributed by atoms with E-state index in [9.17, 15) is 0 Å². The van der Waals surface area contributed by atoms with E-state index in [0.717, 1.165) is 44.4 Å². The van der Waals surface area contributed by atoms with Crippen LogP contribution < -0.4 is 4.74 Å². The van der Waals surface area contributed by atoms with Gasteiger partial charge in [0.2, 0.25) is 0 Å². The van der Waals surface area contributed by atoms with Gasteiger partial charge >= 0.3 is 0 Å². The van der Waals surface area contributed by atoms with Gasteiger partial charge in [0.05, 0.1) is 23.4 Å². The maximum absolute atomic E-state index is 6.25. The van der Waals surface area contributed by atoms with Gasteiger partial charge in [-0.2, -0.15) is 10.2 Å². The number of nitrogens with one attached hydrogen (secondary N) is 1. The molecule has 1 atom stereocenters. The lowest BCUT2D eigenvalue weighted by atomic mass is 10.1. The van der Waals surface area contributed by atoms with Crippen LogP contribution in [0.3, 0.4) is 0 Å². The molecule has 0 saturated carbocycles. The molecule has 4 heterocycles. The Bertz CT molecular complexity index is 1280. The molecule has 0 fully saturated rings. The van der Waals surface area contributed by atoms with Gasteiger partial charge in [-0.15, -0.1) is 0 Å². The molecule has 28 heavy (non-hydrogen) atoms. The van der Waals surface area contributed by atoms with E-state index >= 15 is 0 Å². The van der Waals surface area contributed by atoms with Crippen LogP contribution in [0.25, 0.3) is 33.1 Å². The van der Waals surface area contributed by atoms with Crippen LogP contribution >= 0.6 is 0 Å². The molecule has 7 nitrogen and oxygen atoms in total. The van der Waals surface area contributed by atoms with E-state index < -0.39 is 0 Å². The van der Waals surface area contributed by atoms with Crippen molar-refractivity contribution in [3.63, 3.8) is 0 Å². The molecule has 0 aliphatic rings. The number of benzene rings is 1. The van der Waals surface area contributed by atoms with Gasteiger partial charge in [0.15, 0.2) is 0 Å². The normalized spacial score (nSPS) is 12.5. The van der Waals surface area contributed by atoms with Gasteiger partial charge in [-0.3, -0.25) is 19.7 Å². The van der Waals surface area contributed by atoms with E-state index in [1.54, 1.807) is 23.3 Å². The number of aromatic nitrogens is 6. The van der Waals surface area contributed by atoms with Gasteiger partial charge in [-0.1, -0.05) is 6.07 Å².